The topological polar surface area (TPSA) is 46.6 Å². The van der Waals surface area contributed by atoms with E-state index in [4.69, 9.17) is 15.8 Å². The normalized spacial score (nSPS) is 30.9. The first-order chi connectivity index (χ1) is 9.99. The van der Waals surface area contributed by atoms with Gasteiger partial charge in [0.15, 0.2) is 0 Å². The molecule has 116 valence electrons. The molecule has 0 saturated heterocycles. The highest BCUT2D eigenvalue weighted by Gasteiger charge is 2.52. The Morgan fingerprint density at radius 1 is 1.24 bits per heavy atom. The summed E-state index contributed by atoms with van der Waals surface area (Å²) in [5.74, 6) is 0.169. The van der Waals surface area contributed by atoms with Gasteiger partial charge in [0.25, 0.3) is 0 Å². The number of rotatable bonds is 5. The zero-order valence-corrected chi connectivity index (χ0v) is 13.8. The molecule has 1 fully saturated rings. The van der Waals surface area contributed by atoms with Crippen LogP contribution in [0.5, 0.6) is 0 Å². The Bertz CT molecular complexity index is 630. The summed E-state index contributed by atoms with van der Waals surface area (Å²) in [4.78, 5) is 0. The van der Waals surface area contributed by atoms with E-state index in [-0.39, 0.29) is 23.3 Å². The lowest BCUT2D eigenvalue weighted by Gasteiger charge is -2.26. The van der Waals surface area contributed by atoms with Crippen molar-refractivity contribution < 1.29 is 12.6 Å². The van der Waals surface area contributed by atoms with Gasteiger partial charge in [-0.1, -0.05) is 38.1 Å². The monoisotopic (exact) mass is 329 g/mol. The number of fused-ring (bicyclic) bond motifs is 5. The van der Waals surface area contributed by atoms with Crippen molar-refractivity contribution in [2.75, 3.05) is 13.1 Å². The van der Waals surface area contributed by atoms with Gasteiger partial charge in [-0.15, -0.1) is 11.6 Å². The predicted octanol–water partition coefficient (Wildman–Crippen LogP) is 2.85. The number of hydrogen-bond acceptors (Lipinski definition) is 3. The first-order valence-electron chi connectivity index (χ1n) is 7.40. The highest BCUT2D eigenvalue weighted by Crippen LogP contribution is 2.56. The van der Waals surface area contributed by atoms with E-state index in [1.807, 2.05) is 32.0 Å². The molecule has 3 rings (SSSR count). The van der Waals surface area contributed by atoms with Crippen molar-refractivity contribution >= 4 is 21.9 Å². The van der Waals surface area contributed by atoms with Crippen LogP contribution < -0.4 is 0 Å². The SMILES string of the molecule is CCN(CC)S(=O)(=O)O[C@@H]1C[C@H]2c3ccccc3[C@H]1[C@H]2Cl. The third-order valence-corrected chi connectivity index (χ3v) is 6.85. The first kappa shape index (κ1) is 15.3. The zero-order valence-electron chi connectivity index (χ0n) is 12.2. The summed E-state index contributed by atoms with van der Waals surface area (Å²) in [7, 11) is -3.68. The molecule has 1 aromatic rings. The van der Waals surface area contributed by atoms with Gasteiger partial charge in [-0.05, 0) is 17.5 Å². The predicted molar refractivity (Wildman–Crippen MR) is 82.9 cm³/mol. The van der Waals surface area contributed by atoms with E-state index < -0.39 is 10.3 Å². The highest BCUT2D eigenvalue weighted by atomic mass is 35.5. The van der Waals surface area contributed by atoms with Crippen molar-refractivity contribution in [3.05, 3.63) is 35.4 Å². The number of halogens is 1. The lowest BCUT2D eigenvalue weighted by Crippen LogP contribution is -2.36. The second kappa shape index (κ2) is 5.54. The number of benzene rings is 1. The van der Waals surface area contributed by atoms with Crippen molar-refractivity contribution in [2.24, 2.45) is 0 Å². The van der Waals surface area contributed by atoms with E-state index in [0.29, 0.717) is 19.5 Å². The van der Waals surface area contributed by atoms with Crippen LogP contribution in [0.25, 0.3) is 0 Å². The molecule has 0 heterocycles. The number of alkyl halides is 1. The van der Waals surface area contributed by atoms with E-state index in [1.54, 1.807) is 0 Å². The van der Waals surface area contributed by atoms with Crippen LogP contribution in [0.3, 0.4) is 0 Å². The Morgan fingerprint density at radius 3 is 2.48 bits per heavy atom. The molecule has 2 bridgehead atoms. The number of hydrogen-bond donors (Lipinski definition) is 0. The molecule has 4 atom stereocenters. The lowest BCUT2D eigenvalue weighted by atomic mass is 9.90. The fourth-order valence-electron chi connectivity index (χ4n) is 3.66. The van der Waals surface area contributed by atoms with Crippen molar-refractivity contribution in [3.63, 3.8) is 0 Å². The van der Waals surface area contributed by atoms with E-state index in [9.17, 15) is 8.42 Å². The third-order valence-electron chi connectivity index (χ3n) is 4.64. The molecule has 0 amide bonds. The molecule has 0 aliphatic heterocycles. The average Bonchev–Trinajstić information content (AvgIpc) is 2.90. The molecule has 2 aliphatic rings. The summed E-state index contributed by atoms with van der Waals surface area (Å²) in [5.41, 5.74) is 2.40. The fraction of sp³-hybridized carbons (Fsp3) is 0.600. The number of nitrogens with zero attached hydrogens (tertiary/aromatic N) is 1. The van der Waals surface area contributed by atoms with Gasteiger partial charge in [0.2, 0.25) is 0 Å². The first-order valence-corrected chi connectivity index (χ1v) is 9.21. The second-order valence-corrected chi connectivity index (χ2v) is 7.69. The molecule has 0 aromatic heterocycles. The zero-order chi connectivity index (χ0) is 15.2. The maximum Gasteiger partial charge on any atom is 0.338 e. The average molecular weight is 330 g/mol. The van der Waals surface area contributed by atoms with Crippen LogP contribution in [0.2, 0.25) is 0 Å². The summed E-state index contributed by atoms with van der Waals surface area (Å²) in [6.45, 7) is 4.46. The minimum atomic E-state index is -3.68. The minimum absolute atomic E-state index is 0.0294. The Labute approximate surface area is 131 Å². The Balaban J connectivity index is 1.85. The Morgan fingerprint density at radius 2 is 1.86 bits per heavy atom. The molecule has 0 unspecified atom stereocenters. The highest BCUT2D eigenvalue weighted by molar-refractivity contribution is 7.84. The van der Waals surface area contributed by atoms with Crippen molar-refractivity contribution in [1.29, 1.82) is 0 Å². The van der Waals surface area contributed by atoms with Gasteiger partial charge < -0.3 is 0 Å². The van der Waals surface area contributed by atoms with Crippen LogP contribution in [0.15, 0.2) is 24.3 Å². The molecule has 0 radical (unpaired) electrons. The van der Waals surface area contributed by atoms with E-state index >= 15 is 0 Å². The second-order valence-electron chi connectivity index (χ2n) is 5.62. The van der Waals surface area contributed by atoms with Crippen LogP contribution in [0, 0.1) is 0 Å². The van der Waals surface area contributed by atoms with Crippen LogP contribution in [0.1, 0.15) is 43.2 Å². The van der Waals surface area contributed by atoms with Gasteiger partial charge in [0.05, 0.1) is 6.10 Å². The summed E-state index contributed by atoms with van der Waals surface area (Å²) in [6, 6.07) is 8.10. The van der Waals surface area contributed by atoms with Gasteiger partial charge >= 0.3 is 10.3 Å². The fourth-order valence-corrected chi connectivity index (χ4v) is 5.46. The van der Waals surface area contributed by atoms with Gasteiger partial charge in [-0.25, -0.2) is 0 Å². The van der Waals surface area contributed by atoms with Crippen LogP contribution in [-0.2, 0) is 14.5 Å². The van der Waals surface area contributed by atoms with Crippen molar-refractivity contribution in [3.8, 4) is 0 Å². The van der Waals surface area contributed by atoms with Crippen LogP contribution in [-0.4, -0.2) is 37.3 Å². The molecular formula is C15H20ClNO3S. The van der Waals surface area contributed by atoms with E-state index in [1.165, 1.54) is 9.87 Å². The molecule has 6 heteroatoms. The van der Waals surface area contributed by atoms with E-state index in [2.05, 4.69) is 6.07 Å². The van der Waals surface area contributed by atoms with Gasteiger partial charge in [-0.3, -0.25) is 4.18 Å². The summed E-state index contributed by atoms with van der Waals surface area (Å²) in [5, 5.41) is -0.0701. The molecular weight excluding hydrogens is 310 g/mol. The van der Waals surface area contributed by atoms with Gasteiger partial charge in [-0.2, -0.15) is 12.7 Å². The molecule has 0 spiro atoms. The van der Waals surface area contributed by atoms with Gasteiger partial charge in [0.1, 0.15) is 0 Å². The van der Waals surface area contributed by atoms with E-state index in [0.717, 1.165) is 5.56 Å². The molecule has 4 nitrogen and oxygen atoms in total. The molecule has 1 aromatic carbocycles. The van der Waals surface area contributed by atoms with Crippen molar-refractivity contribution in [2.45, 2.75) is 43.6 Å². The lowest BCUT2D eigenvalue weighted by molar-refractivity contribution is 0.172. The third kappa shape index (κ3) is 2.40. The molecule has 0 N–H and O–H groups in total. The summed E-state index contributed by atoms with van der Waals surface area (Å²) in [6.07, 6.45) is 0.328. The molecule has 1 saturated carbocycles. The smallest absolute Gasteiger partial charge is 0.254 e. The molecule has 2 aliphatic carbocycles. The Hall–Kier alpha value is -0.620. The van der Waals surface area contributed by atoms with Crippen LogP contribution >= 0.6 is 11.6 Å². The summed E-state index contributed by atoms with van der Waals surface area (Å²) >= 11 is 6.52. The standard InChI is InChI=1S/C15H20ClNO3S/c1-3-17(4-2)21(18,19)20-13-9-12-10-7-5-6-8-11(10)14(13)15(12)16/h5-8,12-15H,3-4,9H2,1-2H3/t12-,13+,14+,15-/m0/s1. The van der Waals surface area contributed by atoms with Crippen molar-refractivity contribution in [1.82, 2.24) is 4.31 Å². The largest absolute Gasteiger partial charge is 0.338 e. The minimum Gasteiger partial charge on any atom is -0.254 e. The van der Waals surface area contributed by atoms with Crippen LogP contribution in [0.4, 0.5) is 0 Å². The van der Waals surface area contributed by atoms with Gasteiger partial charge in [0, 0.05) is 30.3 Å². The Kier molecular flexibility index (Phi) is 4.03. The summed E-state index contributed by atoms with van der Waals surface area (Å²) < 4.78 is 31.5. The maximum atomic E-state index is 12.3. The molecule has 21 heavy (non-hydrogen) atoms. The maximum absolute atomic E-state index is 12.3. The quantitative estimate of drug-likeness (QED) is 0.780.